The van der Waals surface area contributed by atoms with Gasteiger partial charge in [-0.1, -0.05) is 212 Å². The highest BCUT2D eigenvalue weighted by atomic mass is 28.3. The van der Waals surface area contributed by atoms with Gasteiger partial charge in [0.2, 0.25) is 0 Å². The van der Waals surface area contributed by atoms with E-state index in [0.717, 1.165) is 27.6 Å². The summed E-state index contributed by atoms with van der Waals surface area (Å²) in [5.74, 6) is 0. The molecule has 0 bridgehead atoms. The van der Waals surface area contributed by atoms with Gasteiger partial charge in [0.25, 0.3) is 0 Å². The van der Waals surface area contributed by atoms with Crippen LogP contribution in [0.5, 0.6) is 0 Å². The maximum absolute atomic E-state index is 6.98. The van der Waals surface area contributed by atoms with Crippen molar-refractivity contribution in [2.45, 2.75) is 0 Å². The van der Waals surface area contributed by atoms with Gasteiger partial charge in [0, 0.05) is 16.8 Å². The average molecular weight is 762 g/mol. The average Bonchev–Trinajstić information content (AvgIpc) is 3.68. The minimum absolute atomic E-state index is 0.837. The van der Waals surface area contributed by atoms with Gasteiger partial charge in [-0.15, -0.1) is 0 Å². The van der Waals surface area contributed by atoms with Crippen molar-refractivity contribution >= 4 is 79.7 Å². The van der Waals surface area contributed by atoms with Gasteiger partial charge in [-0.25, -0.2) is 0 Å². The highest BCUT2D eigenvalue weighted by Gasteiger charge is 2.44. The smallest absolute Gasteiger partial charge is 0.184 e. The zero-order valence-electron chi connectivity index (χ0n) is 31.4. The lowest BCUT2D eigenvalue weighted by Gasteiger charge is -2.34. The Balaban J connectivity index is 1.19. The Morgan fingerprint density at radius 3 is 1.19 bits per heavy atom. The first kappa shape index (κ1) is 34.6. The van der Waals surface area contributed by atoms with E-state index in [0.29, 0.717) is 0 Å². The highest BCUT2D eigenvalue weighted by molar-refractivity contribution is 7.21. The number of fused-ring (bicyclic) bond motifs is 3. The SMILES string of the molecule is c1ccc([Si](c2ccccc2)(c2ccccc2)c2cccc(-c3ccc4oc5c([Si](c6ccccc6)(c6ccccc6)c6ccccc6)ccnc5c4c3)c2)cc1. The minimum atomic E-state index is -2.86. The number of aromatic nitrogens is 1. The summed E-state index contributed by atoms with van der Waals surface area (Å²) < 4.78 is 6.98. The van der Waals surface area contributed by atoms with E-state index < -0.39 is 16.1 Å². The second-order valence-electron chi connectivity index (χ2n) is 14.6. The summed E-state index contributed by atoms with van der Waals surface area (Å²) in [7, 11) is -5.56. The molecule has 0 unspecified atom stereocenters. The van der Waals surface area contributed by atoms with Crippen LogP contribution in [0.15, 0.2) is 241 Å². The van der Waals surface area contributed by atoms with Gasteiger partial charge in [-0.05, 0) is 65.6 Å². The van der Waals surface area contributed by atoms with Gasteiger partial charge in [-0.2, -0.15) is 0 Å². The lowest BCUT2D eigenvalue weighted by molar-refractivity contribution is 0.670. The van der Waals surface area contributed by atoms with Gasteiger partial charge in [0.15, 0.2) is 21.7 Å². The summed E-state index contributed by atoms with van der Waals surface area (Å²) in [5.41, 5.74) is 4.88. The quantitative estimate of drug-likeness (QED) is 0.113. The normalized spacial score (nSPS) is 11.9. The van der Waals surface area contributed by atoms with Crippen LogP contribution in [0.1, 0.15) is 0 Å². The molecular weight excluding hydrogens is 723 g/mol. The lowest BCUT2D eigenvalue weighted by atomic mass is 10.0. The Kier molecular flexibility index (Phi) is 8.90. The minimum Gasteiger partial charge on any atom is -0.454 e. The highest BCUT2D eigenvalue weighted by Crippen LogP contribution is 2.32. The van der Waals surface area contributed by atoms with Crippen molar-refractivity contribution in [3.63, 3.8) is 0 Å². The summed E-state index contributed by atoms with van der Waals surface area (Å²) in [6.45, 7) is 0. The van der Waals surface area contributed by atoms with Gasteiger partial charge in [0.1, 0.15) is 11.1 Å². The summed E-state index contributed by atoms with van der Waals surface area (Å²) in [6.07, 6.45) is 1.98. The third kappa shape index (κ3) is 5.72. The van der Waals surface area contributed by atoms with E-state index in [1.807, 2.05) is 6.20 Å². The number of hydrogen-bond acceptors (Lipinski definition) is 2. The molecule has 0 N–H and O–H groups in total. The molecule has 57 heavy (non-hydrogen) atoms. The van der Waals surface area contributed by atoms with Crippen molar-refractivity contribution in [1.29, 1.82) is 0 Å². The van der Waals surface area contributed by atoms with Crippen LogP contribution in [0.2, 0.25) is 0 Å². The van der Waals surface area contributed by atoms with Gasteiger partial charge in [-0.3, -0.25) is 4.98 Å². The van der Waals surface area contributed by atoms with Crippen LogP contribution in [0.4, 0.5) is 0 Å². The summed E-state index contributed by atoms with van der Waals surface area (Å²) >= 11 is 0. The number of benzene rings is 8. The monoisotopic (exact) mass is 761 g/mol. The van der Waals surface area contributed by atoms with Crippen LogP contribution < -0.4 is 41.5 Å². The van der Waals surface area contributed by atoms with Crippen molar-refractivity contribution in [2.24, 2.45) is 0 Å². The molecule has 8 aromatic carbocycles. The van der Waals surface area contributed by atoms with Crippen molar-refractivity contribution in [3.8, 4) is 11.1 Å². The Morgan fingerprint density at radius 2 is 0.737 bits per heavy atom. The molecule has 10 aromatic rings. The van der Waals surface area contributed by atoms with Crippen LogP contribution in [-0.4, -0.2) is 21.1 Å². The first-order chi connectivity index (χ1) is 28.3. The van der Waals surface area contributed by atoms with Crippen LogP contribution >= 0.6 is 0 Å². The molecule has 0 radical (unpaired) electrons. The molecule has 2 heterocycles. The molecule has 0 atom stereocenters. The number of rotatable bonds is 9. The molecule has 0 amide bonds. The summed E-state index contributed by atoms with van der Waals surface area (Å²) in [4.78, 5) is 5.07. The lowest BCUT2D eigenvalue weighted by Crippen LogP contribution is -2.74. The van der Waals surface area contributed by atoms with E-state index in [1.165, 1.54) is 47.1 Å². The van der Waals surface area contributed by atoms with Crippen LogP contribution in [0.3, 0.4) is 0 Å². The molecule has 0 saturated heterocycles. The summed E-state index contributed by atoms with van der Waals surface area (Å²) in [5, 5.41) is 11.5. The van der Waals surface area contributed by atoms with E-state index in [9.17, 15) is 0 Å². The van der Waals surface area contributed by atoms with Gasteiger partial charge in [0.05, 0.1) is 0 Å². The molecule has 4 heteroatoms. The topological polar surface area (TPSA) is 26.0 Å². The van der Waals surface area contributed by atoms with E-state index in [4.69, 9.17) is 9.40 Å². The molecule has 270 valence electrons. The predicted octanol–water partition coefficient (Wildman–Crippen LogP) is 7.40. The number of hydrogen-bond donors (Lipinski definition) is 0. The third-order valence-electron chi connectivity index (χ3n) is 11.6. The molecule has 2 aromatic heterocycles. The maximum atomic E-state index is 6.98. The predicted molar refractivity (Wildman–Crippen MR) is 244 cm³/mol. The molecule has 0 aliphatic rings. The standard InChI is InChI=1S/C53H39NOSi2/c1-7-21-42(22-8-1)56(43-23-9-2-10-24-43,44-25-11-3-12-26-44)48-33-19-20-40(38-48)41-34-35-50-49(39-41)52-53(55-50)51(36-37-54-52)57(45-27-13-4-14-28-45,46-29-15-5-16-30-46)47-31-17-6-18-32-47/h1-39H. The van der Waals surface area contributed by atoms with Crippen LogP contribution in [0, 0.1) is 0 Å². The first-order valence-corrected chi connectivity index (χ1v) is 23.5. The Morgan fingerprint density at radius 1 is 0.333 bits per heavy atom. The second-order valence-corrected chi connectivity index (χ2v) is 22.2. The zero-order valence-corrected chi connectivity index (χ0v) is 33.4. The zero-order chi connectivity index (χ0) is 38.1. The number of pyridine rings is 1. The van der Waals surface area contributed by atoms with Crippen LogP contribution in [-0.2, 0) is 0 Å². The van der Waals surface area contributed by atoms with E-state index in [2.05, 4.69) is 231 Å². The van der Waals surface area contributed by atoms with Crippen molar-refractivity contribution < 1.29 is 4.42 Å². The Hall–Kier alpha value is -6.86. The number of furan rings is 1. The fraction of sp³-hybridized carbons (Fsp3) is 0. The Labute approximate surface area is 335 Å². The van der Waals surface area contributed by atoms with E-state index in [1.54, 1.807) is 0 Å². The third-order valence-corrected chi connectivity index (χ3v) is 21.2. The fourth-order valence-corrected chi connectivity index (χ4v) is 18.8. The summed E-state index contributed by atoms with van der Waals surface area (Å²) in [6, 6.07) is 84.3. The number of nitrogens with zero attached hydrogens (tertiary/aromatic N) is 1. The van der Waals surface area contributed by atoms with E-state index >= 15 is 0 Å². The molecule has 10 rings (SSSR count). The molecule has 0 aliphatic carbocycles. The Bertz CT molecular complexity index is 2740. The van der Waals surface area contributed by atoms with Crippen molar-refractivity contribution in [2.75, 3.05) is 0 Å². The van der Waals surface area contributed by atoms with Crippen molar-refractivity contribution in [1.82, 2.24) is 4.98 Å². The van der Waals surface area contributed by atoms with Gasteiger partial charge < -0.3 is 4.42 Å². The molecular formula is C53H39NOSi2. The van der Waals surface area contributed by atoms with Crippen molar-refractivity contribution in [3.05, 3.63) is 237 Å². The molecule has 0 spiro atoms. The first-order valence-electron chi connectivity index (χ1n) is 19.5. The van der Waals surface area contributed by atoms with Gasteiger partial charge >= 0.3 is 0 Å². The van der Waals surface area contributed by atoms with Crippen LogP contribution in [0.25, 0.3) is 33.2 Å². The fourth-order valence-electron chi connectivity index (χ4n) is 9.16. The second kappa shape index (κ2) is 14.7. The molecule has 0 saturated carbocycles. The molecule has 0 fully saturated rings. The maximum Gasteiger partial charge on any atom is 0.184 e. The van der Waals surface area contributed by atoms with E-state index in [-0.39, 0.29) is 0 Å². The molecule has 2 nitrogen and oxygen atoms in total. The molecule has 0 aliphatic heterocycles. The largest absolute Gasteiger partial charge is 0.454 e.